The monoisotopic (exact) mass is 282 g/mol. The van der Waals surface area contributed by atoms with E-state index in [4.69, 9.17) is 5.26 Å². The summed E-state index contributed by atoms with van der Waals surface area (Å²) >= 11 is 3.18. The van der Waals surface area contributed by atoms with Gasteiger partial charge in [-0.05, 0) is 28.1 Å². The molecule has 0 saturated heterocycles. The Labute approximate surface area is 99.8 Å². The molecule has 1 aromatic heterocycles. The van der Waals surface area contributed by atoms with Crippen molar-refractivity contribution in [1.82, 2.24) is 10.3 Å². The van der Waals surface area contributed by atoms with Gasteiger partial charge in [0, 0.05) is 10.7 Å². The van der Waals surface area contributed by atoms with Crippen molar-refractivity contribution in [2.24, 2.45) is 0 Å². The Hall–Kier alpha value is -1.94. The standard InChI is InChI=1S/C9H7BrN4O2/c10-6-1-2-7(13-5-6)14-9(16)8(15)12-4-3-11/h1-2,5H,4H2,(H,12,15)(H,13,14,16). The van der Waals surface area contributed by atoms with Gasteiger partial charge in [-0.1, -0.05) is 0 Å². The molecule has 1 aromatic rings. The summed E-state index contributed by atoms with van der Waals surface area (Å²) in [5, 5.41) is 12.6. The van der Waals surface area contributed by atoms with Crippen LogP contribution in [0.4, 0.5) is 5.82 Å². The van der Waals surface area contributed by atoms with Gasteiger partial charge in [0.2, 0.25) is 0 Å². The molecule has 0 saturated carbocycles. The van der Waals surface area contributed by atoms with Crippen molar-refractivity contribution in [3.05, 3.63) is 22.8 Å². The molecule has 16 heavy (non-hydrogen) atoms. The molecule has 0 aliphatic heterocycles. The van der Waals surface area contributed by atoms with Gasteiger partial charge < -0.3 is 10.6 Å². The summed E-state index contributed by atoms with van der Waals surface area (Å²) in [6.45, 7) is -0.208. The van der Waals surface area contributed by atoms with Crippen LogP contribution in [0, 0.1) is 11.3 Å². The van der Waals surface area contributed by atoms with Gasteiger partial charge in [0.05, 0.1) is 6.07 Å². The third-order valence-electron chi connectivity index (χ3n) is 1.50. The predicted octanol–water partition coefficient (Wildman–Crippen LogP) is 0.422. The first-order valence-corrected chi connectivity index (χ1v) is 5.00. The summed E-state index contributed by atoms with van der Waals surface area (Å²) in [6.07, 6.45) is 1.49. The summed E-state index contributed by atoms with van der Waals surface area (Å²) in [6, 6.07) is 4.91. The van der Waals surface area contributed by atoms with Gasteiger partial charge in [-0.3, -0.25) is 9.59 Å². The van der Waals surface area contributed by atoms with Gasteiger partial charge in [0.25, 0.3) is 0 Å². The number of nitriles is 1. The van der Waals surface area contributed by atoms with E-state index in [1.165, 1.54) is 6.20 Å². The van der Waals surface area contributed by atoms with Crippen LogP contribution in [-0.4, -0.2) is 23.3 Å². The van der Waals surface area contributed by atoms with Gasteiger partial charge in [0.1, 0.15) is 12.4 Å². The highest BCUT2D eigenvalue weighted by Gasteiger charge is 2.12. The maximum Gasteiger partial charge on any atom is 0.314 e. The molecule has 2 N–H and O–H groups in total. The van der Waals surface area contributed by atoms with E-state index in [1.54, 1.807) is 18.2 Å². The van der Waals surface area contributed by atoms with Gasteiger partial charge in [-0.2, -0.15) is 5.26 Å². The zero-order valence-corrected chi connectivity index (χ0v) is 9.61. The summed E-state index contributed by atoms with van der Waals surface area (Å²) in [5.74, 6) is -1.46. The van der Waals surface area contributed by atoms with Gasteiger partial charge in [0.15, 0.2) is 0 Å². The van der Waals surface area contributed by atoms with Crippen LogP contribution in [0.3, 0.4) is 0 Å². The number of aromatic nitrogens is 1. The van der Waals surface area contributed by atoms with Crippen LogP contribution in [-0.2, 0) is 9.59 Å². The molecule has 0 spiro atoms. The van der Waals surface area contributed by atoms with Crippen molar-refractivity contribution >= 4 is 33.6 Å². The van der Waals surface area contributed by atoms with Crippen LogP contribution in [0.5, 0.6) is 0 Å². The Kier molecular flexibility index (Phi) is 4.42. The molecular formula is C9H7BrN4O2. The number of amides is 2. The molecule has 0 aliphatic carbocycles. The molecule has 0 radical (unpaired) electrons. The largest absolute Gasteiger partial charge is 0.335 e. The van der Waals surface area contributed by atoms with E-state index in [9.17, 15) is 9.59 Å². The van der Waals surface area contributed by atoms with Crippen LogP contribution in [0.15, 0.2) is 22.8 Å². The number of hydrogen-bond acceptors (Lipinski definition) is 4. The third-order valence-corrected chi connectivity index (χ3v) is 1.97. The lowest BCUT2D eigenvalue weighted by Crippen LogP contribution is -2.35. The second-order valence-corrected chi connectivity index (χ2v) is 3.57. The topological polar surface area (TPSA) is 94.9 Å². The van der Waals surface area contributed by atoms with E-state index in [2.05, 4.69) is 31.5 Å². The molecule has 0 aromatic carbocycles. The molecule has 0 unspecified atom stereocenters. The summed E-state index contributed by atoms with van der Waals surface area (Å²) < 4.78 is 0.763. The maximum atomic E-state index is 11.2. The van der Waals surface area contributed by atoms with E-state index in [-0.39, 0.29) is 12.4 Å². The van der Waals surface area contributed by atoms with E-state index in [0.29, 0.717) is 0 Å². The first kappa shape index (κ1) is 12.1. The first-order valence-electron chi connectivity index (χ1n) is 4.21. The number of nitrogens with zero attached hydrogens (tertiary/aromatic N) is 2. The van der Waals surface area contributed by atoms with Crippen molar-refractivity contribution < 1.29 is 9.59 Å². The van der Waals surface area contributed by atoms with Gasteiger partial charge in [-0.15, -0.1) is 0 Å². The molecule has 1 rings (SSSR count). The Bertz CT molecular complexity index is 438. The zero-order valence-electron chi connectivity index (χ0n) is 8.03. The number of pyridine rings is 1. The van der Waals surface area contributed by atoms with Crippen LogP contribution >= 0.6 is 15.9 Å². The molecule has 0 bridgehead atoms. The smallest absolute Gasteiger partial charge is 0.314 e. The van der Waals surface area contributed by atoms with Crippen molar-refractivity contribution in [1.29, 1.82) is 5.26 Å². The predicted molar refractivity (Wildman–Crippen MR) is 59.2 cm³/mol. The van der Waals surface area contributed by atoms with Crippen LogP contribution in [0.25, 0.3) is 0 Å². The molecule has 82 valence electrons. The molecule has 0 atom stereocenters. The molecule has 0 fully saturated rings. The zero-order chi connectivity index (χ0) is 12.0. The Balaban J connectivity index is 2.55. The summed E-state index contributed by atoms with van der Waals surface area (Å²) in [4.78, 5) is 26.1. The maximum absolute atomic E-state index is 11.2. The van der Waals surface area contributed by atoms with E-state index in [0.717, 1.165) is 4.47 Å². The Morgan fingerprint density at radius 1 is 1.44 bits per heavy atom. The van der Waals surface area contributed by atoms with E-state index in [1.807, 2.05) is 0 Å². The minimum atomic E-state index is -0.869. The SMILES string of the molecule is N#CCNC(=O)C(=O)Nc1ccc(Br)cn1. The normalized spacial score (nSPS) is 9.00. The highest BCUT2D eigenvalue weighted by atomic mass is 79.9. The third kappa shape index (κ3) is 3.67. The number of carbonyl (C=O) groups excluding carboxylic acids is 2. The highest BCUT2D eigenvalue weighted by molar-refractivity contribution is 9.10. The highest BCUT2D eigenvalue weighted by Crippen LogP contribution is 2.10. The molecule has 6 nitrogen and oxygen atoms in total. The van der Waals surface area contributed by atoms with Crippen LogP contribution < -0.4 is 10.6 Å². The van der Waals surface area contributed by atoms with E-state index >= 15 is 0 Å². The Morgan fingerprint density at radius 3 is 2.75 bits per heavy atom. The number of halogens is 1. The van der Waals surface area contributed by atoms with Crippen LogP contribution in [0.2, 0.25) is 0 Å². The van der Waals surface area contributed by atoms with Gasteiger partial charge >= 0.3 is 11.8 Å². The summed E-state index contributed by atoms with van der Waals surface area (Å²) in [7, 11) is 0. The molecule has 7 heteroatoms. The average Bonchev–Trinajstić information content (AvgIpc) is 2.29. The number of hydrogen-bond donors (Lipinski definition) is 2. The average molecular weight is 283 g/mol. The van der Waals surface area contributed by atoms with Crippen molar-refractivity contribution in [3.63, 3.8) is 0 Å². The second kappa shape index (κ2) is 5.82. The second-order valence-electron chi connectivity index (χ2n) is 2.66. The molecule has 2 amide bonds. The molecule has 1 heterocycles. The Morgan fingerprint density at radius 2 is 2.19 bits per heavy atom. The lowest BCUT2D eigenvalue weighted by Gasteiger charge is -2.03. The minimum Gasteiger partial charge on any atom is -0.335 e. The number of carbonyl (C=O) groups is 2. The van der Waals surface area contributed by atoms with Crippen molar-refractivity contribution in [2.75, 3.05) is 11.9 Å². The fourth-order valence-corrected chi connectivity index (χ4v) is 1.06. The fourth-order valence-electron chi connectivity index (χ4n) is 0.823. The first-order chi connectivity index (χ1) is 7.63. The van der Waals surface area contributed by atoms with Gasteiger partial charge in [-0.25, -0.2) is 4.98 Å². The number of rotatable bonds is 2. The minimum absolute atomic E-state index is 0.208. The lowest BCUT2D eigenvalue weighted by atomic mass is 10.4. The lowest BCUT2D eigenvalue weighted by molar-refractivity contribution is -0.136. The van der Waals surface area contributed by atoms with Crippen molar-refractivity contribution in [2.45, 2.75) is 0 Å². The van der Waals surface area contributed by atoms with Crippen molar-refractivity contribution in [3.8, 4) is 6.07 Å². The molecule has 0 aliphatic rings. The van der Waals surface area contributed by atoms with E-state index < -0.39 is 11.8 Å². The van der Waals surface area contributed by atoms with Crippen LogP contribution in [0.1, 0.15) is 0 Å². The summed E-state index contributed by atoms with van der Waals surface area (Å²) in [5.41, 5.74) is 0. The number of nitrogens with one attached hydrogen (secondary N) is 2. The quantitative estimate of drug-likeness (QED) is 0.607. The fraction of sp³-hybridized carbons (Fsp3) is 0.111. The number of anilines is 1. The molecular weight excluding hydrogens is 276 g/mol.